The molecule has 0 aromatic heterocycles. The number of ether oxygens (including phenoxy) is 3. The number of hydrogen-bond acceptors (Lipinski definition) is 5. The highest BCUT2D eigenvalue weighted by Gasteiger charge is 2.26. The maximum absolute atomic E-state index is 9.95. The molecule has 0 spiro atoms. The number of nitrogens with zero attached hydrogens (tertiary/aromatic N) is 1. The lowest BCUT2D eigenvalue weighted by atomic mass is 9.95. The Morgan fingerprint density at radius 1 is 1.19 bits per heavy atom. The number of aromatic hydroxyl groups is 1. The summed E-state index contributed by atoms with van der Waals surface area (Å²) in [6, 6.07) is 3.72. The van der Waals surface area contributed by atoms with Crippen LogP contribution in [-0.4, -0.2) is 50.5 Å². The molecular weight excluding hydrogens is 270 g/mol. The van der Waals surface area contributed by atoms with Crippen molar-refractivity contribution in [2.75, 3.05) is 34.4 Å². The Morgan fingerprint density at radius 2 is 1.81 bits per heavy atom. The van der Waals surface area contributed by atoms with Crippen LogP contribution in [0.2, 0.25) is 0 Å². The molecular formula is C16H25NO4. The fourth-order valence-corrected chi connectivity index (χ4v) is 2.85. The molecule has 21 heavy (non-hydrogen) atoms. The third kappa shape index (κ3) is 3.60. The summed E-state index contributed by atoms with van der Waals surface area (Å²) in [5.74, 6) is 1.52. The first-order valence-corrected chi connectivity index (χ1v) is 7.28. The van der Waals surface area contributed by atoms with Gasteiger partial charge in [-0.05, 0) is 36.6 Å². The molecule has 0 amide bonds. The zero-order chi connectivity index (χ0) is 15.4. The number of benzene rings is 1. The first-order valence-electron chi connectivity index (χ1n) is 7.28. The molecule has 1 aliphatic rings. The van der Waals surface area contributed by atoms with Crippen molar-refractivity contribution < 1.29 is 19.3 Å². The molecule has 1 aromatic carbocycles. The first kappa shape index (κ1) is 15.9. The van der Waals surface area contributed by atoms with E-state index in [1.807, 2.05) is 12.1 Å². The minimum absolute atomic E-state index is 0.0470. The van der Waals surface area contributed by atoms with E-state index in [0.29, 0.717) is 17.4 Å². The van der Waals surface area contributed by atoms with Gasteiger partial charge in [0.2, 0.25) is 5.75 Å². The summed E-state index contributed by atoms with van der Waals surface area (Å²) in [5.41, 5.74) is 1.06. The Kier molecular flexibility index (Phi) is 5.31. The summed E-state index contributed by atoms with van der Waals surface area (Å²) >= 11 is 0. The predicted molar refractivity (Wildman–Crippen MR) is 81.1 cm³/mol. The van der Waals surface area contributed by atoms with Crippen molar-refractivity contribution >= 4 is 0 Å². The zero-order valence-corrected chi connectivity index (χ0v) is 13.3. The fourth-order valence-electron chi connectivity index (χ4n) is 2.85. The molecule has 5 heteroatoms. The SMILES string of the molecule is COc1cc(CN2CCC(C)C(OC)C2)cc(OC)c1O. The second kappa shape index (κ2) is 7.00. The largest absolute Gasteiger partial charge is 0.502 e. The van der Waals surface area contributed by atoms with E-state index in [2.05, 4.69) is 11.8 Å². The van der Waals surface area contributed by atoms with E-state index in [0.717, 1.165) is 31.6 Å². The maximum atomic E-state index is 9.95. The zero-order valence-electron chi connectivity index (χ0n) is 13.3. The standard InChI is InChI=1S/C16H25NO4/c1-11-5-6-17(10-15(11)21-4)9-12-7-13(19-2)16(18)14(8-12)20-3/h7-8,11,15,18H,5-6,9-10H2,1-4H3. The Morgan fingerprint density at radius 3 is 2.33 bits per heavy atom. The van der Waals surface area contributed by atoms with E-state index < -0.39 is 0 Å². The van der Waals surface area contributed by atoms with Crippen LogP contribution in [0.1, 0.15) is 18.9 Å². The van der Waals surface area contributed by atoms with E-state index in [4.69, 9.17) is 14.2 Å². The third-order valence-corrected chi connectivity index (χ3v) is 4.22. The molecule has 1 aromatic rings. The lowest BCUT2D eigenvalue weighted by Crippen LogP contribution is -2.43. The maximum Gasteiger partial charge on any atom is 0.200 e. The normalized spacial score (nSPS) is 23.0. The van der Waals surface area contributed by atoms with Gasteiger partial charge in [0, 0.05) is 20.2 Å². The first-order chi connectivity index (χ1) is 10.1. The van der Waals surface area contributed by atoms with Gasteiger partial charge in [-0.3, -0.25) is 4.90 Å². The average Bonchev–Trinajstić information content (AvgIpc) is 2.50. The van der Waals surface area contributed by atoms with Gasteiger partial charge in [-0.25, -0.2) is 0 Å². The third-order valence-electron chi connectivity index (χ3n) is 4.22. The molecule has 5 nitrogen and oxygen atoms in total. The number of phenols is 1. The van der Waals surface area contributed by atoms with E-state index in [-0.39, 0.29) is 11.9 Å². The van der Waals surface area contributed by atoms with Crippen LogP contribution in [-0.2, 0) is 11.3 Å². The van der Waals surface area contributed by atoms with Gasteiger partial charge >= 0.3 is 0 Å². The number of piperidine rings is 1. The molecule has 1 fully saturated rings. The smallest absolute Gasteiger partial charge is 0.200 e. The summed E-state index contributed by atoms with van der Waals surface area (Å²) in [6.07, 6.45) is 1.41. The number of methoxy groups -OCH3 is 3. The van der Waals surface area contributed by atoms with Gasteiger partial charge in [0.05, 0.1) is 20.3 Å². The van der Waals surface area contributed by atoms with Crippen LogP contribution in [0, 0.1) is 5.92 Å². The van der Waals surface area contributed by atoms with E-state index in [1.165, 1.54) is 0 Å². The molecule has 0 aliphatic carbocycles. The number of likely N-dealkylation sites (tertiary alicyclic amines) is 1. The molecule has 2 atom stereocenters. The summed E-state index contributed by atoms with van der Waals surface area (Å²) in [5, 5.41) is 9.95. The molecule has 2 rings (SSSR count). The van der Waals surface area contributed by atoms with Gasteiger partial charge in [-0.1, -0.05) is 6.92 Å². The van der Waals surface area contributed by atoms with E-state index >= 15 is 0 Å². The van der Waals surface area contributed by atoms with Crippen molar-refractivity contribution in [2.45, 2.75) is 26.0 Å². The molecule has 0 radical (unpaired) electrons. The molecule has 118 valence electrons. The minimum Gasteiger partial charge on any atom is -0.502 e. The molecule has 0 bridgehead atoms. The Balaban J connectivity index is 2.12. The lowest BCUT2D eigenvalue weighted by molar-refractivity contribution is -0.00747. The predicted octanol–water partition coefficient (Wildman–Crippen LogP) is 2.27. The highest BCUT2D eigenvalue weighted by Crippen LogP contribution is 2.37. The monoisotopic (exact) mass is 295 g/mol. The van der Waals surface area contributed by atoms with Gasteiger partial charge < -0.3 is 19.3 Å². The summed E-state index contributed by atoms with van der Waals surface area (Å²) < 4.78 is 16.0. The molecule has 0 saturated carbocycles. The summed E-state index contributed by atoms with van der Waals surface area (Å²) in [6.45, 7) is 4.99. The van der Waals surface area contributed by atoms with Gasteiger partial charge in [0.1, 0.15) is 0 Å². The van der Waals surface area contributed by atoms with Crippen LogP contribution < -0.4 is 9.47 Å². The van der Waals surface area contributed by atoms with Crippen LogP contribution in [0.3, 0.4) is 0 Å². The highest BCUT2D eigenvalue weighted by atomic mass is 16.5. The van der Waals surface area contributed by atoms with Crippen molar-refractivity contribution in [3.05, 3.63) is 17.7 Å². The second-order valence-corrected chi connectivity index (χ2v) is 5.62. The van der Waals surface area contributed by atoms with Crippen LogP contribution in [0.5, 0.6) is 17.2 Å². The van der Waals surface area contributed by atoms with E-state index in [9.17, 15) is 5.11 Å². The van der Waals surface area contributed by atoms with Crippen LogP contribution in [0.15, 0.2) is 12.1 Å². The average molecular weight is 295 g/mol. The van der Waals surface area contributed by atoms with Crippen molar-refractivity contribution in [1.82, 2.24) is 4.90 Å². The Bertz CT molecular complexity index is 452. The van der Waals surface area contributed by atoms with E-state index in [1.54, 1.807) is 21.3 Å². The van der Waals surface area contributed by atoms with Crippen molar-refractivity contribution in [3.8, 4) is 17.2 Å². The van der Waals surface area contributed by atoms with Crippen LogP contribution in [0.4, 0.5) is 0 Å². The van der Waals surface area contributed by atoms with Gasteiger partial charge in [0.25, 0.3) is 0 Å². The lowest BCUT2D eigenvalue weighted by Gasteiger charge is -2.36. The highest BCUT2D eigenvalue weighted by molar-refractivity contribution is 5.52. The van der Waals surface area contributed by atoms with Crippen molar-refractivity contribution in [2.24, 2.45) is 5.92 Å². The molecule has 1 saturated heterocycles. The number of rotatable bonds is 5. The molecule has 1 heterocycles. The van der Waals surface area contributed by atoms with Gasteiger partial charge in [-0.15, -0.1) is 0 Å². The molecule has 2 unspecified atom stereocenters. The van der Waals surface area contributed by atoms with Crippen LogP contribution in [0.25, 0.3) is 0 Å². The van der Waals surface area contributed by atoms with Crippen molar-refractivity contribution in [1.29, 1.82) is 0 Å². The minimum atomic E-state index is 0.0470. The number of hydrogen-bond donors (Lipinski definition) is 1. The van der Waals surface area contributed by atoms with Crippen LogP contribution >= 0.6 is 0 Å². The van der Waals surface area contributed by atoms with Crippen molar-refractivity contribution in [3.63, 3.8) is 0 Å². The van der Waals surface area contributed by atoms with Gasteiger partial charge in [0.15, 0.2) is 11.5 Å². The number of phenolic OH excluding ortho intramolecular Hbond substituents is 1. The second-order valence-electron chi connectivity index (χ2n) is 5.62. The molecule has 1 aliphatic heterocycles. The molecule has 1 N–H and O–H groups in total. The topological polar surface area (TPSA) is 51.2 Å². The van der Waals surface area contributed by atoms with Gasteiger partial charge in [-0.2, -0.15) is 0 Å². The summed E-state index contributed by atoms with van der Waals surface area (Å²) in [7, 11) is 4.86. The Hall–Kier alpha value is -1.46. The quantitative estimate of drug-likeness (QED) is 0.903. The Labute approximate surface area is 126 Å². The summed E-state index contributed by atoms with van der Waals surface area (Å²) in [4.78, 5) is 2.36. The fraction of sp³-hybridized carbons (Fsp3) is 0.625.